The molecule has 8 nitrogen and oxygen atoms in total. The number of carbonyl (C=O) groups excluding carboxylic acids is 4. The van der Waals surface area contributed by atoms with Crippen molar-refractivity contribution in [1.29, 1.82) is 0 Å². The van der Waals surface area contributed by atoms with Crippen LogP contribution in [0.3, 0.4) is 0 Å². The van der Waals surface area contributed by atoms with E-state index in [4.69, 9.17) is 14.2 Å². The van der Waals surface area contributed by atoms with E-state index in [-0.39, 0.29) is 19.6 Å². The van der Waals surface area contributed by atoms with E-state index in [2.05, 4.69) is 5.32 Å². The van der Waals surface area contributed by atoms with Crippen LogP contribution in [0.1, 0.15) is 29.8 Å². The Morgan fingerprint density at radius 2 is 1.76 bits per heavy atom. The van der Waals surface area contributed by atoms with Gasteiger partial charge in [-0.05, 0) is 25.5 Å². The molecule has 0 aromatic heterocycles. The lowest BCUT2D eigenvalue weighted by Gasteiger charge is -2.25. The predicted molar refractivity (Wildman–Crippen MR) is 84.5 cm³/mol. The number of ether oxygens (including phenoxy) is 3. The van der Waals surface area contributed by atoms with Crippen LogP contribution in [0.4, 0.5) is 0 Å². The highest BCUT2D eigenvalue weighted by Crippen LogP contribution is 2.20. The molecule has 1 amide bonds. The Labute approximate surface area is 144 Å². The minimum Gasteiger partial charge on any atom is -0.464 e. The molecule has 25 heavy (non-hydrogen) atoms. The lowest BCUT2D eigenvalue weighted by molar-refractivity contribution is -0.160. The lowest BCUT2D eigenvalue weighted by Crippen LogP contribution is -2.53. The molecule has 8 heteroatoms. The molecule has 1 aliphatic heterocycles. The summed E-state index contributed by atoms with van der Waals surface area (Å²) < 4.78 is 14.6. The maximum absolute atomic E-state index is 12.4. The summed E-state index contributed by atoms with van der Waals surface area (Å²) in [7, 11) is 0. The van der Waals surface area contributed by atoms with Gasteiger partial charge in [0.05, 0.1) is 18.8 Å². The van der Waals surface area contributed by atoms with Gasteiger partial charge in [-0.15, -0.1) is 0 Å². The van der Waals surface area contributed by atoms with Crippen molar-refractivity contribution in [3.8, 4) is 0 Å². The molecule has 0 saturated heterocycles. The Bertz CT molecular complexity index is 667. The number of hydrogen-bond acceptors (Lipinski definition) is 7. The summed E-state index contributed by atoms with van der Waals surface area (Å²) in [6.07, 6.45) is -1.000. The third-order valence-electron chi connectivity index (χ3n) is 3.52. The molecule has 0 unspecified atom stereocenters. The molecule has 1 aliphatic rings. The van der Waals surface area contributed by atoms with Crippen LogP contribution < -0.4 is 5.32 Å². The van der Waals surface area contributed by atoms with Crippen LogP contribution in [-0.4, -0.2) is 49.2 Å². The second kappa shape index (κ2) is 8.27. The van der Waals surface area contributed by atoms with E-state index in [0.717, 1.165) is 0 Å². The molecule has 0 radical (unpaired) electrons. The topological polar surface area (TPSA) is 108 Å². The van der Waals surface area contributed by atoms with E-state index in [1.54, 1.807) is 38.1 Å². The highest BCUT2D eigenvalue weighted by Gasteiger charge is 2.37. The quantitative estimate of drug-likeness (QED) is 0.449. The fourth-order valence-corrected chi connectivity index (χ4v) is 2.38. The highest BCUT2D eigenvalue weighted by molar-refractivity contribution is 6.03. The zero-order valence-corrected chi connectivity index (χ0v) is 13.9. The monoisotopic (exact) mass is 349 g/mol. The molecule has 2 rings (SSSR count). The Morgan fingerprint density at radius 3 is 2.36 bits per heavy atom. The van der Waals surface area contributed by atoms with Crippen LogP contribution in [0, 0.1) is 0 Å². The number of fused-ring (bicyclic) bond motifs is 1. The number of benzene rings is 1. The molecule has 1 aromatic carbocycles. The van der Waals surface area contributed by atoms with Gasteiger partial charge in [0.1, 0.15) is 0 Å². The van der Waals surface area contributed by atoms with E-state index < -0.39 is 36.0 Å². The number of cyclic esters (lactones) is 1. The second-order valence-corrected chi connectivity index (χ2v) is 5.20. The zero-order valence-electron chi connectivity index (χ0n) is 13.9. The first-order valence-corrected chi connectivity index (χ1v) is 7.90. The summed E-state index contributed by atoms with van der Waals surface area (Å²) in [4.78, 5) is 48.1. The van der Waals surface area contributed by atoms with Gasteiger partial charge in [0.15, 0.2) is 6.10 Å². The van der Waals surface area contributed by atoms with Crippen LogP contribution in [-0.2, 0) is 35.0 Å². The van der Waals surface area contributed by atoms with Crippen LogP contribution in [0.5, 0.6) is 0 Å². The number of rotatable bonds is 6. The fraction of sp³-hybridized carbons (Fsp3) is 0.412. The second-order valence-electron chi connectivity index (χ2n) is 5.20. The number of nitrogens with one attached hydrogen (secondary N) is 1. The SMILES string of the molecule is CCOC(=O)C(NC(=O)[C@H]1Cc2ccccc2C(=O)O1)C(=O)OCC. The van der Waals surface area contributed by atoms with Gasteiger partial charge in [-0.2, -0.15) is 0 Å². The average Bonchev–Trinajstić information content (AvgIpc) is 2.59. The first-order valence-electron chi connectivity index (χ1n) is 7.90. The third kappa shape index (κ3) is 4.34. The van der Waals surface area contributed by atoms with Crippen LogP contribution in [0.15, 0.2) is 24.3 Å². The highest BCUT2D eigenvalue weighted by atomic mass is 16.6. The Balaban J connectivity index is 2.12. The number of carbonyl (C=O) groups is 4. The Kier molecular flexibility index (Phi) is 6.10. The van der Waals surface area contributed by atoms with E-state index in [0.29, 0.717) is 11.1 Å². The molecule has 1 aromatic rings. The standard InChI is InChI=1S/C17H19NO7/c1-3-23-16(21)13(17(22)24-4-2)18-14(19)12-9-10-7-5-6-8-11(10)15(20)25-12/h5-8,12-13H,3-4,9H2,1-2H3,(H,18,19)/t12-/m1/s1. The van der Waals surface area contributed by atoms with Crippen LogP contribution >= 0.6 is 0 Å². The molecule has 134 valence electrons. The number of amides is 1. The maximum atomic E-state index is 12.4. The Morgan fingerprint density at radius 1 is 1.16 bits per heavy atom. The average molecular weight is 349 g/mol. The van der Waals surface area contributed by atoms with E-state index in [1.807, 2.05) is 0 Å². The van der Waals surface area contributed by atoms with Crippen LogP contribution in [0.25, 0.3) is 0 Å². The summed E-state index contributed by atoms with van der Waals surface area (Å²) in [5.41, 5.74) is 1.04. The van der Waals surface area contributed by atoms with Gasteiger partial charge in [0.25, 0.3) is 5.91 Å². The van der Waals surface area contributed by atoms with Gasteiger partial charge in [-0.1, -0.05) is 18.2 Å². The van der Waals surface area contributed by atoms with Crippen molar-refractivity contribution in [2.45, 2.75) is 32.4 Å². The van der Waals surface area contributed by atoms with Crippen molar-refractivity contribution in [1.82, 2.24) is 5.32 Å². The molecule has 1 N–H and O–H groups in total. The van der Waals surface area contributed by atoms with Crippen molar-refractivity contribution in [2.75, 3.05) is 13.2 Å². The minimum absolute atomic E-state index is 0.0381. The molecule has 1 heterocycles. The summed E-state index contributed by atoms with van der Waals surface area (Å²) in [5, 5.41) is 2.24. The lowest BCUT2D eigenvalue weighted by atomic mass is 9.98. The van der Waals surface area contributed by atoms with Crippen molar-refractivity contribution < 1.29 is 33.4 Å². The first kappa shape index (κ1) is 18.4. The molecule has 0 fully saturated rings. The molecule has 0 aliphatic carbocycles. The van der Waals surface area contributed by atoms with Crippen LogP contribution in [0.2, 0.25) is 0 Å². The minimum atomic E-state index is -1.61. The normalized spacial score (nSPS) is 15.8. The van der Waals surface area contributed by atoms with Crippen molar-refractivity contribution in [3.63, 3.8) is 0 Å². The molecular formula is C17H19NO7. The summed E-state index contributed by atoms with van der Waals surface area (Å²) in [6.45, 7) is 3.22. The molecule has 1 atom stereocenters. The van der Waals surface area contributed by atoms with E-state index in [1.165, 1.54) is 0 Å². The maximum Gasteiger partial charge on any atom is 0.340 e. The largest absolute Gasteiger partial charge is 0.464 e. The summed E-state index contributed by atoms with van der Waals surface area (Å²) in [5.74, 6) is -3.27. The van der Waals surface area contributed by atoms with E-state index >= 15 is 0 Å². The summed E-state index contributed by atoms with van der Waals surface area (Å²) >= 11 is 0. The van der Waals surface area contributed by atoms with Crippen molar-refractivity contribution >= 4 is 23.8 Å². The molecule has 0 saturated carbocycles. The van der Waals surface area contributed by atoms with Gasteiger partial charge in [0.2, 0.25) is 6.04 Å². The van der Waals surface area contributed by atoms with Gasteiger partial charge < -0.3 is 19.5 Å². The van der Waals surface area contributed by atoms with Gasteiger partial charge in [0, 0.05) is 6.42 Å². The van der Waals surface area contributed by atoms with Crippen molar-refractivity contribution in [3.05, 3.63) is 35.4 Å². The predicted octanol–water partition coefficient (Wildman–Crippen LogP) is 0.379. The van der Waals surface area contributed by atoms with Crippen molar-refractivity contribution in [2.24, 2.45) is 0 Å². The van der Waals surface area contributed by atoms with Gasteiger partial charge in [-0.25, -0.2) is 14.4 Å². The number of hydrogen-bond donors (Lipinski definition) is 1. The fourth-order valence-electron chi connectivity index (χ4n) is 2.38. The van der Waals surface area contributed by atoms with Gasteiger partial charge >= 0.3 is 17.9 Å². The molecule has 0 spiro atoms. The zero-order chi connectivity index (χ0) is 18.4. The first-order chi connectivity index (χ1) is 12.0. The van der Waals surface area contributed by atoms with E-state index in [9.17, 15) is 19.2 Å². The molecule has 0 bridgehead atoms. The Hall–Kier alpha value is -2.90. The number of esters is 3. The summed E-state index contributed by atoms with van der Waals surface area (Å²) in [6, 6.07) is 5.14. The third-order valence-corrected chi connectivity index (χ3v) is 3.52. The van der Waals surface area contributed by atoms with Gasteiger partial charge in [-0.3, -0.25) is 4.79 Å². The smallest absolute Gasteiger partial charge is 0.340 e. The molecular weight excluding hydrogens is 330 g/mol.